The van der Waals surface area contributed by atoms with Gasteiger partial charge in [0.1, 0.15) is 11.9 Å². The Kier molecular flexibility index (Phi) is 8.71. The number of aryl methyl sites for hydroxylation is 1. The van der Waals surface area contributed by atoms with Gasteiger partial charge in [-0.15, -0.1) is 0 Å². The number of rotatable bonds is 8. The summed E-state index contributed by atoms with van der Waals surface area (Å²) < 4.78 is 6.00. The van der Waals surface area contributed by atoms with E-state index in [2.05, 4.69) is 52.3 Å². The van der Waals surface area contributed by atoms with Crippen molar-refractivity contribution in [1.29, 1.82) is 0 Å². The molecule has 1 aromatic carbocycles. The van der Waals surface area contributed by atoms with Gasteiger partial charge in [0.2, 0.25) is 0 Å². The lowest BCUT2D eigenvalue weighted by Gasteiger charge is -2.34. The smallest absolute Gasteiger partial charge is 0.191 e. The summed E-state index contributed by atoms with van der Waals surface area (Å²) in [5.74, 6) is 1.77. The number of piperazine rings is 1. The van der Waals surface area contributed by atoms with E-state index in [1.807, 2.05) is 25.2 Å². The van der Waals surface area contributed by atoms with E-state index in [1.54, 1.807) is 0 Å². The fraction of sp³-hybridized carbons (Fsp3) is 0.650. The van der Waals surface area contributed by atoms with Gasteiger partial charge in [-0.1, -0.05) is 25.1 Å². The molecule has 0 saturated carbocycles. The van der Waals surface area contributed by atoms with E-state index in [9.17, 15) is 0 Å². The van der Waals surface area contributed by atoms with Crippen molar-refractivity contribution in [2.24, 2.45) is 4.99 Å². The van der Waals surface area contributed by atoms with Crippen LogP contribution in [-0.2, 0) is 0 Å². The van der Waals surface area contributed by atoms with Crippen LogP contribution in [0.15, 0.2) is 29.3 Å². The highest BCUT2D eigenvalue weighted by molar-refractivity contribution is 5.79. The molecule has 6 heteroatoms. The molecule has 1 heterocycles. The minimum atomic E-state index is 0.0665. The molecule has 0 spiro atoms. The predicted octanol–water partition coefficient (Wildman–Crippen LogP) is 1.56. The summed E-state index contributed by atoms with van der Waals surface area (Å²) in [5, 5.41) is 6.75. The fourth-order valence-electron chi connectivity index (χ4n) is 3.07. The molecule has 0 amide bonds. The molecule has 2 N–H and O–H groups in total. The van der Waals surface area contributed by atoms with Crippen molar-refractivity contribution >= 4 is 5.96 Å². The number of nitrogens with one attached hydrogen (secondary N) is 2. The van der Waals surface area contributed by atoms with E-state index in [0.29, 0.717) is 6.54 Å². The van der Waals surface area contributed by atoms with E-state index in [0.717, 1.165) is 50.0 Å². The number of ether oxygens (including phenoxy) is 1. The van der Waals surface area contributed by atoms with Crippen molar-refractivity contribution in [3.8, 4) is 5.75 Å². The number of aliphatic imine (C=N–C) groups is 1. The van der Waals surface area contributed by atoms with Crippen molar-refractivity contribution < 1.29 is 4.74 Å². The van der Waals surface area contributed by atoms with E-state index in [1.165, 1.54) is 13.1 Å². The molecule has 1 aromatic rings. The van der Waals surface area contributed by atoms with Gasteiger partial charge in [0.05, 0.1) is 6.54 Å². The van der Waals surface area contributed by atoms with E-state index in [-0.39, 0.29) is 6.10 Å². The third-order valence-corrected chi connectivity index (χ3v) is 4.83. The van der Waals surface area contributed by atoms with Crippen LogP contribution in [0.25, 0.3) is 0 Å². The maximum Gasteiger partial charge on any atom is 0.191 e. The Bertz CT molecular complexity index is 555. The van der Waals surface area contributed by atoms with Gasteiger partial charge in [-0.25, -0.2) is 0 Å². The van der Waals surface area contributed by atoms with Crippen LogP contribution in [0.3, 0.4) is 0 Å². The molecule has 146 valence electrons. The second-order valence-electron chi connectivity index (χ2n) is 6.85. The van der Waals surface area contributed by atoms with Crippen LogP contribution in [0.2, 0.25) is 0 Å². The molecule has 0 radical (unpaired) electrons. The second kappa shape index (κ2) is 11.0. The Labute approximate surface area is 158 Å². The minimum Gasteiger partial charge on any atom is -0.489 e. The molecule has 6 nitrogen and oxygen atoms in total. The second-order valence-corrected chi connectivity index (χ2v) is 6.85. The maximum atomic E-state index is 6.00. The average Bonchev–Trinajstić information content (AvgIpc) is 2.67. The Morgan fingerprint density at radius 1 is 1.15 bits per heavy atom. The third-order valence-electron chi connectivity index (χ3n) is 4.83. The molecule has 1 aliphatic rings. The Morgan fingerprint density at radius 3 is 2.50 bits per heavy atom. The predicted molar refractivity (Wildman–Crippen MR) is 109 cm³/mol. The van der Waals surface area contributed by atoms with Gasteiger partial charge in [0, 0.05) is 46.3 Å². The molecule has 1 fully saturated rings. The first-order valence-electron chi connectivity index (χ1n) is 9.74. The largest absolute Gasteiger partial charge is 0.489 e. The molecule has 26 heavy (non-hydrogen) atoms. The standard InChI is InChI=1S/C20H35N5O/c1-5-24-12-14-25(15-13-24)11-10-22-20(21-4)23-16-18(3)26-19-9-7-6-8-17(19)2/h6-9,18H,5,10-16H2,1-4H3,(H2,21,22,23). The van der Waals surface area contributed by atoms with E-state index >= 15 is 0 Å². The SMILES string of the molecule is CCN1CCN(CCNC(=NC)NCC(C)Oc2ccccc2C)CC1. The van der Waals surface area contributed by atoms with Crippen LogP contribution in [-0.4, -0.2) is 81.3 Å². The van der Waals surface area contributed by atoms with Gasteiger partial charge in [-0.05, 0) is 32.0 Å². The van der Waals surface area contributed by atoms with Gasteiger partial charge in [-0.2, -0.15) is 0 Å². The zero-order chi connectivity index (χ0) is 18.8. The molecule has 0 aliphatic carbocycles. The molecule has 1 unspecified atom stereocenters. The number of para-hydroxylation sites is 1. The fourth-order valence-corrected chi connectivity index (χ4v) is 3.07. The van der Waals surface area contributed by atoms with Crippen LogP contribution in [0.4, 0.5) is 0 Å². The quantitative estimate of drug-likeness (QED) is 0.544. The molecule has 1 aliphatic heterocycles. The summed E-state index contributed by atoms with van der Waals surface area (Å²) in [7, 11) is 1.81. The van der Waals surface area contributed by atoms with Gasteiger partial charge in [0.25, 0.3) is 0 Å². The van der Waals surface area contributed by atoms with Crippen LogP contribution in [0.1, 0.15) is 19.4 Å². The number of benzene rings is 1. The summed E-state index contributed by atoms with van der Waals surface area (Å²) in [4.78, 5) is 9.32. The highest BCUT2D eigenvalue weighted by atomic mass is 16.5. The van der Waals surface area contributed by atoms with Crippen molar-refractivity contribution in [2.45, 2.75) is 26.9 Å². The molecule has 0 aromatic heterocycles. The first kappa shape index (κ1) is 20.5. The zero-order valence-electron chi connectivity index (χ0n) is 16.8. The lowest BCUT2D eigenvalue weighted by atomic mass is 10.2. The van der Waals surface area contributed by atoms with Crippen molar-refractivity contribution in [2.75, 3.05) is 59.4 Å². The molecular weight excluding hydrogens is 326 g/mol. The summed E-state index contributed by atoms with van der Waals surface area (Å²) in [6.45, 7) is 14.9. The number of hydrogen-bond acceptors (Lipinski definition) is 4. The summed E-state index contributed by atoms with van der Waals surface area (Å²) in [6, 6.07) is 8.11. The van der Waals surface area contributed by atoms with E-state index < -0.39 is 0 Å². The van der Waals surface area contributed by atoms with Gasteiger partial charge in [-0.3, -0.25) is 9.89 Å². The zero-order valence-corrected chi connectivity index (χ0v) is 16.8. The van der Waals surface area contributed by atoms with Gasteiger partial charge < -0.3 is 20.3 Å². The highest BCUT2D eigenvalue weighted by Gasteiger charge is 2.15. The third kappa shape index (κ3) is 6.84. The summed E-state index contributed by atoms with van der Waals surface area (Å²) >= 11 is 0. The normalized spacial score (nSPS) is 17.8. The lowest BCUT2D eigenvalue weighted by Crippen LogP contribution is -2.49. The highest BCUT2D eigenvalue weighted by Crippen LogP contribution is 2.17. The topological polar surface area (TPSA) is 52.1 Å². The number of hydrogen-bond donors (Lipinski definition) is 2. The average molecular weight is 362 g/mol. The lowest BCUT2D eigenvalue weighted by molar-refractivity contribution is 0.139. The number of guanidine groups is 1. The van der Waals surface area contributed by atoms with Crippen LogP contribution in [0, 0.1) is 6.92 Å². The summed E-state index contributed by atoms with van der Waals surface area (Å²) in [5.41, 5.74) is 1.16. The summed E-state index contributed by atoms with van der Waals surface area (Å²) in [6.07, 6.45) is 0.0665. The van der Waals surface area contributed by atoms with Gasteiger partial charge in [0.15, 0.2) is 5.96 Å². The van der Waals surface area contributed by atoms with Crippen LogP contribution < -0.4 is 15.4 Å². The first-order valence-corrected chi connectivity index (χ1v) is 9.74. The first-order chi connectivity index (χ1) is 12.6. The molecule has 1 atom stereocenters. The Morgan fingerprint density at radius 2 is 1.85 bits per heavy atom. The Hall–Kier alpha value is -1.79. The molecule has 0 bridgehead atoms. The molecular formula is C20H35N5O. The van der Waals surface area contributed by atoms with Crippen molar-refractivity contribution in [3.63, 3.8) is 0 Å². The van der Waals surface area contributed by atoms with Gasteiger partial charge >= 0.3 is 0 Å². The van der Waals surface area contributed by atoms with E-state index in [4.69, 9.17) is 4.74 Å². The van der Waals surface area contributed by atoms with Crippen molar-refractivity contribution in [1.82, 2.24) is 20.4 Å². The minimum absolute atomic E-state index is 0.0665. The maximum absolute atomic E-state index is 6.00. The number of nitrogens with zero attached hydrogens (tertiary/aromatic N) is 3. The monoisotopic (exact) mass is 361 g/mol. The molecule has 1 saturated heterocycles. The molecule has 2 rings (SSSR count). The van der Waals surface area contributed by atoms with Crippen molar-refractivity contribution in [3.05, 3.63) is 29.8 Å². The van der Waals surface area contributed by atoms with Crippen LogP contribution >= 0.6 is 0 Å². The number of likely N-dealkylation sites (N-methyl/N-ethyl adjacent to an activating group) is 1. The van der Waals surface area contributed by atoms with Crippen LogP contribution in [0.5, 0.6) is 5.75 Å². The Balaban J connectivity index is 1.64.